The molecule has 0 spiro atoms. The van der Waals surface area contributed by atoms with Crippen molar-refractivity contribution in [3.63, 3.8) is 0 Å². The SMILES string of the molecule is COc1ccc(CC(=O)NCCCOc2cccc(C)c2)cc1F. The topological polar surface area (TPSA) is 47.6 Å². The lowest BCUT2D eigenvalue weighted by atomic mass is 10.1. The molecule has 4 nitrogen and oxygen atoms in total. The highest BCUT2D eigenvalue weighted by Gasteiger charge is 2.07. The van der Waals surface area contributed by atoms with Gasteiger partial charge in [0.2, 0.25) is 5.91 Å². The van der Waals surface area contributed by atoms with E-state index >= 15 is 0 Å². The van der Waals surface area contributed by atoms with E-state index in [1.54, 1.807) is 6.07 Å². The van der Waals surface area contributed by atoms with Gasteiger partial charge in [-0.1, -0.05) is 18.2 Å². The van der Waals surface area contributed by atoms with Crippen molar-refractivity contribution in [1.82, 2.24) is 5.32 Å². The van der Waals surface area contributed by atoms with Crippen LogP contribution in [-0.4, -0.2) is 26.2 Å². The monoisotopic (exact) mass is 331 g/mol. The zero-order valence-electron chi connectivity index (χ0n) is 14.0. The lowest BCUT2D eigenvalue weighted by molar-refractivity contribution is -0.120. The minimum absolute atomic E-state index is 0.139. The first kappa shape index (κ1) is 17.8. The van der Waals surface area contributed by atoms with Crippen LogP contribution in [0.4, 0.5) is 4.39 Å². The van der Waals surface area contributed by atoms with Gasteiger partial charge < -0.3 is 14.8 Å². The Kier molecular flexibility index (Phi) is 6.61. The zero-order valence-corrected chi connectivity index (χ0v) is 14.0. The van der Waals surface area contributed by atoms with Crippen molar-refractivity contribution in [3.8, 4) is 11.5 Å². The molecule has 0 saturated heterocycles. The fraction of sp³-hybridized carbons (Fsp3) is 0.316. The Balaban J connectivity index is 1.67. The molecular weight excluding hydrogens is 309 g/mol. The third kappa shape index (κ3) is 5.57. The normalized spacial score (nSPS) is 10.3. The Morgan fingerprint density at radius 3 is 2.75 bits per heavy atom. The zero-order chi connectivity index (χ0) is 17.4. The smallest absolute Gasteiger partial charge is 0.224 e. The Labute approximate surface area is 141 Å². The van der Waals surface area contributed by atoms with Gasteiger partial charge in [-0.2, -0.15) is 0 Å². The molecule has 1 amide bonds. The second-order valence-corrected chi connectivity index (χ2v) is 5.51. The number of rotatable bonds is 8. The van der Waals surface area contributed by atoms with Crippen molar-refractivity contribution in [2.45, 2.75) is 19.8 Å². The molecule has 2 rings (SSSR count). The van der Waals surface area contributed by atoms with Crippen LogP contribution in [0.25, 0.3) is 0 Å². The first-order chi connectivity index (χ1) is 11.6. The predicted molar refractivity (Wildman–Crippen MR) is 91.0 cm³/mol. The first-order valence-electron chi connectivity index (χ1n) is 7.87. The van der Waals surface area contributed by atoms with Crippen LogP contribution >= 0.6 is 0 Å². The number of ether oxygens (including phenoxy) is 2. The van der Waals surface area contributed by atoms with Gasteiger partial charge in [0.1, 0.15) is 5.75 Å². The van der Waals surface area contributed by atoms with E-state index in [1.807, 2.05) is 31.2 Å². The molecule has 2 aromatic carbocycles. The van der Waals surface area contributed by atoms with Crippen LogP contribution in [-0.2, 0) is 11.2 Å². The highest BCUT2D eigenvalue weighted by atomic mass is 19.1. The summed E-state index contributed by atoms with van der Waals surface area (Å²) < 4.78 is 24.0. The van der Waals surface area contributed by atoms with E-state index in [1.165, 1.54) is 19.2 Å². The van der Waals surface area contributed by atoms with E-state index in [0.29, 0.717) is 25.1 Å². The Bertz CT molecular complexity index is 688. The van der Waals surface area contributed by atoms with Gasteiger partial charge in [0, 0.05) is 6.54 Å². The molecule has 0 bridgehead atoms. The second-order valence-electron chi connectivity index (χ2n) is 5.51. The summed E-state index contributed by atoms with van der Waals surface area (Å²) in [7, 11) is 1.41. The van der Waals surface area contributed by atoms with Crippen LogP contribution < -0.4 is 14.8 Å². The minimum Gasteiger partial charge on any atom is -0.494 e. The van der Waals surface area contributed by atoms with Gasteiger partial charge in [-0.05, 0) is 48.7 Å². The molecule has 0 aromatic heterocycles. The van der Waals surface area contributed by atoms with Gasteiger partial charge in [0.15, 0.2) is 11.6 Å². The molecule has 128 valence electrons. The number of methoxy groups -OCH3 is 1. The molecule has 0 aliphatic heterocycles. The first-order valence-corrected chi connectivity index (χ1v) is 7.87. The summed E-state index contributed by atoms with van der Waals surface area (Å²) in [6, 6.07) is 12.4. The summed E-state index contributed by atoms with van der Waals surface area (Å²) >= 11 is 0. The number of halogens is 1. The third-order valence-corrected chi connectivity index (χ3v) is 3.48. The van der Waals surface area contributed by atoms with Crippen molar-refractivity contribution in [2.75, 3.05) is 20.3 Å². The van der Waals surface area contributed by atoms with E-state index in [0.717, 1.165) is 11.3 Å². The van der Waals surface area contributed by atoms with Crippen LogP contribution in [0.15, 0.2) is 42.5 Å². The summed E-state index contributed by atoms with van der Waals surface area (Å²) in [5.74, 6) is 0.395. The third-order valence-electron chi connectivity index (χ3n) is 3.48. The van der Waals surface area contributed by atoms with Gasteiger partial charge in [-0.25, -0.2) is 4.39 Å². The van der Waals surface area contributed by atoms with Crippen molar-refractivity contribution < 1.29 is 18.7 Å². The summed E-state index contributed by atoms with van der Waals surface area (Å²) in [6.07, 6.45) is 0.844. The van der Waals surface area contributed by atoms with Crippen molar-refractivity contribution in [2.24, 2.45) is 0 Å². The van der Waals surface area contributed by atoms with Gasteiger partial charge in [0.25, 0.3) is 0 Å². The average molecular weight is 331 g/mol. The maximum Gasteiger partial charge on any atom is 0.224 e. The van der Waals surface area contributed by atoms with Gasteiger partial charge in [-0.15, -0.1) is 0 Å². The van der Waals surface area contributed by atoms with E-state index in [-0.39, 0.29) is 18.1 Å². The molecule has 0 fully saturated rings. The average Bonchev–Trinajstić information content (AvgIpc) is 2.55. The van der Waals surface area contributed by atoms with E-state index in [2.05, 4.69) is 5.32 Å². The van der Waals surface area contributed by atoms with Crippen LogP contribution in [0.1, 0.15) is 17.5 Å². The highest BCUT2D eigenvalue weighted by Crippen LogP contribution is 2.17. The molecule has 24 heavy (non-hydrogen) atoms. The molecule has 5 heteroatoms. The number of hydrogen-bond donors (Lipinski definition) is 1. The molecule has 0 aliphatic rings. The lowest BCUT2D eigenvalue weighted by Gasteiger charge is -2.08. The quantitative estimate of drug-likeness (QED) is 0.755. The minimum atomic E-state index is -0.464. The fourth-order valence-electron chi connectivity index (χ4n) is 2.26. The molecule has 0 aliphatic carbocycles. The molecule has 0 atom stereocenters. The van der Waals surface area contributed by atoms with E-state index in [4.69, 9.17) is 9.47 Å². The summed E-state index contributed by atoms with van der Waals surface area (Å²) in [4.78, 5) is 11.9. The summed E-state index contributed by atoms with van der Waals surface area (Å²) in [5.41, 5.74) is 1.76. The van der Waals surface area contributed by atoms with E-state index < -0.39 is 5.82 Å². The van der Waals surface area contributed by atoms with Gasteiger partial charge >= 0.3 is 0 Å². The standard InChI is InChI=1S/C19H22FNO3/c1-14-5-3-6-16(11-14)24-10-4-9-21-19(22)13-15-7-8-18(23-2)17(20)12-15/h3,5-8,11-12H,4,9-10,13H2,1-2H3,(H,21,22). The van der Waals surface area contributed by atoms with Crippen LogP contribution in [0, 0.1) is 12.7 Å². The number of carbonyl (C=O) groups excluding carboxylic acids is 1. The Hall–Kier alpha value is -2.56. The van der Waals surface area contributed by atoms with Crippen LogP contribution in [0.3, 0.4) is 0 Å². The highest BCUT2D eigenvalue weighted by molar-refractivity contribution is 5.78. The number of aryl methyl sites for hydroxylation is 1. The maximum absolute atomic E-state index is 13.6. The van der Waals surface area contributed by atoms with Crippen molar-refractivity contribution in [3.05, 3.63) is 59.4 Å². The number of hydrogen-bond acceptors (Lipinski definition) is 3. The van der Waals surface area contributed by atoms with Gasteiger partial charge in [0.05, 0.1) is 20.1 Å². The Morgan fingerprint density at radius 1 is 1.21 bits per heavy atom. The van der Waals surface area contributed by atoms with Crippen molar-refractivity contribution >= 4 is 5.91 Å². The molecule has 0 radical (unpaired) electrons. The molecule has 0 saturated carbocycles. The molecule has 1 N–H and O–H groups in total. The van der Waals surface area contributed by atoms with Gasteiger partial charge in [-0.3, -0.25) is 4.79 Å². The number of amides is 1. The van der Waals surface area contributed by atoms with E-state index in [9.17, 15) is 9.18 Å². The molecule has 0 heterocycles. The molecular formula is C19H22FNO3. The van der Waals surface area contributed by atoms with Crippen LogP contribution in [0.5, 0.6) is 11.5 Å². The largest absolute Gasteiger partial charge is 0.494 e. The number of carbonyl (C=O) groups is 1. The number of benzene rings is 2. The molecule has 0 unspecified atom stereocenters. The predicted octanol–water partition coefficient (Wildman–Crippen LogP) is 3.27. The molecule has 2 aromatic rings. The summed E-state index contributed by atoms with van der Waals surface area (Å²) in [5, 5.41) is 2.80. The lowest BCUT2D eigenvalue weighted by Crippen LogP contribution is -2.27. The maximum atomic E-state index is 13.6. The second kappa shape index (κ2) is 8.91. The van der Waals surface area contributed by atoms with Crippen LogP contribution in [0.2, 0.25) is 0 Å². The fourth-order valence-corrected chi connectivity index (χ4v) is 2.26. The summed E-state index contributed by atoms with van der Waals surface area (Å²) in [6.45, 7) is 3.05. The van der Waals surface area contributed by atoms with Crippen molar-refractivity contribution in [1.29, 1.82) is 0 Å². The number of nitrogens with one attached hydrogen (secondary N) is 1. The Morgan fingerprint density at radius 2 is 2.04 bits per heavy atom.